The summed E-state index contributed by atoms with van der Waals surface area (Å²) in [4.78, 5) is 2.12. The lowest BCUT2D eigenvalue weighted by Crippen LogP contribution is -2.48. The van der Waals surface area contributed by atoms with E-state index in [-0.39, 0.29) is 17.2 Å². The molecule has 0 aliphatic carbocycles. The summed E-state index contributed by atoms with van der Waals surface area (Å²) in [6.45, 7) is 5.46. The second kappa shape index (κ2) is 6.97. The van der Waals surface area contributed by atoms with Crippen molar-refractivity contribution in [3.8, 4) is 0 Å². The molecule has 1 heterocycles. The average Bonchev–Trinajstić information content (AvgIpc) is 2.29. The zero-order chi connectivity index (χ0) is 12.9. The minimum atomic E-state index is -2.95. The van der Waals surface area contributed by atoms with E-state index >= 15 is 0 Å². The van der Waals surface area contributed by atoms with Crippen LogP contribution < -0.4 is 5.73 Å². The van der Waals surface area contributed by atoms with Gasteiger partial charge >= 0.3 is 0 Å². The van der Waals surface area contributed by atoms with E-state index in [1.165, 1.54) is 0 Å². The highest BCUT2D eigenvalue weighted by atomic mass is 32.2. The molecule has 0 spiro atoms. The molecule has 0 aromatic rings. The first kappa shape index (κ1) is 15.3. The predicted octanol–water partition coefficient (Wildman–Crippen LogP) is 0.923. The second-order valence-corrected chi connectivity index (χ2v) is 8.23. The quantitative estimate of drug-likeness (QED) is 0.784. The lowest BCUT2D eigenvalue weighted by Gasteiger charge is -2.34. The first-order valence-corrected chi connectivity index (χ1v) is 9.13. The van der Waals surface area contributed by atoms with Crippen LogP contribution in [0.5, 0.6) is 0 Å². The summed E-state index contributed by atoms with van der Waals surface area (Å²) in [6, 6.07) is 0.204. The highest BCUT2D eigenvalue weighted by Gasteiger charge is 2.32. The Morgan fingerprint density at radius 2 is 2.24 bits per heavy atom. The molecular formula is C11H24N2O2S2. The van der Waals surface area contributed by atoms with Crippen molar-refractivity contribution in [3.63, 3.8) is 0 Å². The fourth-order valence-electron chi connectivity index (χ4n) is 2.01. The summed E-state index contributed by atoms with van der Waals surface area (Å²) in [5.41, 5.74) is 5.71. The Bertz CT molecular complexity index is 317. The Morgan fingerprint density at radius 3 is 2.82 bits per heavy atom. The maximum Gasteiger partial charge on any atom is 0.166 e. The first-order valence-electron chi connectivity index (χ1n) is 6.26. The Kier molecular flexibility index (Phi) is 6.26. The minimum absolute atomic E-state index is 0.204. The fourth-order valence-corrected chi connectivity index (χ4v) is 5.12. The molecule has 2 unspecified atom stereocenters. The molecule has 0 aromatic carbocycles. The van der Waals surface area contributed by atoms with Crippen LogP contribution in [0.3, 0.4) is 0 Å². The van der Waals surface area contributed by atoms with Gasteiger partial charge in [0.15, 0.2) is 9.84 Å². The van der Waals surface area contributed by atoms with Gasteiger partial charge in [-0.25, -0.2) is 8.42 Å². The molecule has 6 heteroatoms. The van der Waals surface area contributed by atoms with E-state index in [2.05, 4.69) is 4.90 Å². The smallest absolute Gasteiger partial charge is 0.166 e. The molecular weight excluding hydrogens is 256 g/mol. The summed E-state index contributed by atoms with van der Waals surface area (Å²) in [7, 11) is -2.95. The fraction of sp³-hybridized carbons (Fsp3) is 1.00. The van der Waals surface area contributed by atoms with E-state index in [1.807, 2.05) is 6.92 Å². The number of nitrogens with zero attached hydrogens (tertiary/aromatic N) is 1. The zero-order valence-corrected chi connectivity index (χ0v) is 12.4. The molecule has 0 bridgehead atoms. The summed E-state index contributed by atoms with van der Waals surface area (Å²) >= 11 is 1.74. The highest BCUT2D eigenvalue weighted by Crippen LogP contribution is 2.21. The van der Waals surface area contributed by atoms with Crippen molar-refractivity contribution in [3.05, 3.63) is 0 Å². The van der Waals surface area contributed by atoms with Crippen molar-refractivity contribution in [1.82, 2.24) is 4.90 Å². The van der Waals surface area contributed by atoms with Gasteiger partial charge in [-0.2, -0.15) is 11.8 Å². The molecule has 0 saturated carbocycles. The predicted molar refractivity (Wildman–Crippen MR) is 75.0 cm³/mol. The molecule has 4 nitrogen and oxygen atoms in total. The van der Waals surface area contributed by atoms with Crippen molar-refractivity contribution in [2.24, 2.45) is 5.73 Å². The van der Waals surface area contributed by atoms with E-state index in [0.29, 0.717) is 5.75 Å². The van der Waals surface area contributed by atoms with Crippen molar-refractivity contribution >= 4 is 21.6 Å². The number of thioether (sulfide) groups is 1. The van der Waals surface area contributed by atoms with E-state index in [0.717, 1.165) is 31.7 Å². The van der Waals surface area contributed by atoms with Gasteiger partial charge in [0, 0.05) is 29.8 Å². The first-order chi connectivity index (χ1) is 7.97. The standard InChI is InChI=1S/C11H24N2O2S2/c1-3-17(14,15)11-9-16-8-7-13(11)6-4-5-10(2)12/h10-11H,3-9,12H2,1-2H3. The summed E-state index contributed by atoms with van der Waals surface area (Å²) in [6.07, 6.45) is 1.95. The summed E-state index contributed by atoms with van der Waals surface area (Å²) in [5, 5.41) is -0.278. The maximum atomic E-state index is 12.0. The van der Waals surface area contributed by atoms with Crippen LogP contribution in [0, 0.1) is 0 Å². The average molecular weight is 280 g/mol. The van der Waals surface area contributed by atoms with Crippen molar-refractivity contribution in [2.45, 2.75) is 38.1 Å². The van der Waals surface area contributed by atoms with E-state index in [9.17, 15) is 8.42 Å². The molecule has 102 valence electrons. The largest absolute Gasteiger partial charge is 0.328 e. The SMILES string of the molecule is CCS(=O)(=O)C1CSCCN1CCCC(C)N. The van der Waals surface area contributed by atoms with Crippen LogP contribution in [0.1, 0.15) is 26.7 Å². The Labute approximate surface area is 109 Å². The third-order valence-corrected chi connectivity index (χ3v) is 6.44. The van der Waals surface area contributed by atoms with Gasteiger partial charge in [-0.1, -0.05) is 6.92 Å². The van der Waals surface area contributed by atoms with Gasteiger partial charge in [-0.3, -0.25) is 4.90 Å². The van der Waals surface area contributed by atoms with Crippen LogP contribution in [0.15, 0.2) is 0 Å². The van der Waals surface area contributed by atoms with Crippen LogP contribution in [-0.4, -0.2) is 55.1 Å². The molecule has 2 N–H and O–H groups in total. The third kappa shape index (κ3) is 4.77. The number of hydrogen-bond acceptors (Lipinski definition) is 5. The lowest BCUT2D eigenvalue weighted by atomic mass is 10.2. The van der Waals surface area contributed by atoms with Gasteiger partial charge in [0.25, 0.3) is 0 Å². The normalized spacial score (nSPS) is 24.8. The number of hydrogen-bond donors (Lipinski definition) is 1. The zero-order valence-electron chi connectivity index (χ0n) is 10.8. The number of rotatable bonds is 6. The van der Waals surface area contributed by atoms with Crippen LogP contribution in [-0.2, 0) is 9.84 Å². The van der Waals surface area contributed by atoms with Crippen LogP contribution in [0.2, 0.25) is 0 Å². The van der Waals surface area contributed by atoms with Gasteiger partial charge in [0.1, 0.15) is 5.37 Å². The minimum Gasteiger partial charge on any atom is -0.328 e. The monoisotopic (exact) mass is 280 g/mol. The number of nitrogens with two attached hydrogens (primary N) is 1. The molecule has 2 atom stereocenters. The Morgan fingerprint density at radius 1 is 1.53 bits per heavy atom. The molecule has 17 heavy (non-hydrogen) atoms. The van der Waals surface area contributed by atoms with Gasteiger partial charge < -0.3 is 5.73 Å². The summed E-state index contributed by atoms with van der Waals surface area (Å²) in [5.74, 6) is 1.99. The van der Waals surface area contributed by atoms with E-state index in [4.69, 9.17) is 5.73 Å². The molecule has 0 amide bonds. The van der Waals surface area contributed by atoms with Crippen LogP contribution in [0.4, 0.5) is 0 Å². The molecule has 1 rings (SSSR count). The van der Waals surface area contributed by atoms with Crippen molar-refractivity contribution < 1.29 is 8.42 Å². The molecule has 0 radical (unpaired) electrons. The lowest BCUT2D eigenvalue weighted by molar-refractivity contribution is 0.262. The van der Waals surface area contributed by atoms with Gasteiger partial charge in [-0.05, 0) is 26.3 Å². The van der Waals surface area contributed by atoms with Crippen LogP contribution in [0.25, 0.3) is 0 Å². The topological polar surface area (TPSA) is 63.4 Å². The molecule has 1 aliphatic rings. The van der Waals surface area contributed by atoms with Gasteiger partial charge in [0.05, 0.1) is 0 Å². The van der Waals surface area contributed by atoms with E-state index in [1.54, 1.807) is 18.7 Å². The van der Waals surface area contributed by atoms with E-state index < -0.39 is 9.84 Å². The molecule has 1 aliphatic heterocycles. The molecule has 1 saturated heterocycles. The third-order valence-electron chi connectivity index (χ3n) is 3.11. The van der Waals surface area contributed by atoms with Crippen molar-refractivity contribution in [2.75, 3.05) is 30.3 Å². The molecule has 0 aromatic heterocycles. The molecule has 1 fully saturated rings. The Balaban J connectivity index is 2.54. The van der Waals surface area contributed by atoms with Crippen LogP contribution >= 0.6 is 11.8 Å². The van der Waals surface area contributed by atoms with Gasteiger partial charge in [-0.15, -0.1) is 0 Å². The maximum absolute atomic E-state index is 12.0. The highest BCUT2D eigenvalue weighted by molar-refractivity contribution is 8.01. The Hall–Kier alpha value is 0.220. The van der Waals surface area contributed by atoms with Gasteiger partial charge in [0.2, 0.25) is 0 Å². The summed E-state index contributed by atoms with van der Waals surface area (Å²) < 4.78 is 24.0. The number of sulfone groups is 1. The second-order valence-electron chi connectivity index (χ2n) is 4.64. The van der Waals surface area contributed by atoms with Crippen molar-refractivity contribution in [1.29, 1.82) is 0 Å².